The van der Waals surface area contributed by atoms with Gasteiger partial charge in [-0.2, -0.15) is 0 Å². The summed E-state index contributed by atoms with van der Waals surface area (Å²) in [4.78, 5) is 26.4. The van der Waals surface area contributed by atoms with E-state index in [1.54, 1.807) is 0 Å². The molecule has 0 N–H and O–H groups in total. The molecule has 1 unspecified atom stereocenters. The number of Topliss-reactive ketones (excluding diaryl/α,β-unsaturated/α-hetero) is 1. The highest BCUT2D eigenvalue weighted by Gasteiger charge is 2.28. The summed E-state index contributed by atoms with van der Waals surface area (Å²) in [5.41, 5.74) is 5.45. The Morgan fingerprint density at radius 1 is 0.853 bits per heavy atom. The van der Waals surface area contributed by atoms with Crippen LogP contribution in [-0.2, 0) is 25.6 Å². The molecule has 3 nitrogen and oxygen atoms in total. The fourth-order valence-electron chi connectivity index (χ4n) is 4.66. The first-order chi connectivity index (χ1) is 16.3. The molecule has 4 heteroatoms. The van der Waals surface area contributed by atoms with E-state index in [0.717, 1.165) is 53.2 Å². The monoisotopic (exact) mass is 472 g/mol. The van der Waals surface area contributed by atoms with Crippen LogP contribution >= 0.6 is 0 Å². The molecule has 0 saturated heterocycles. The van der Waals surface area contributed by atoms with Crippen molar-refractivity contribution in [2.45, 2.75) is 64.7 Å². The average molecular weight is 473 g/mol. The van der Waals surface area contributed by atoms with Crippen LogP contribution in [0.25, 0.3) is 21.8 Å². The predicted molar refractivity (Wildman–Crippen MR) is 147 cm³/mol. The van der Waals surface area contributed by atoms with Crippen LogP contribution in [0.15, 0.2) is 60.7 Å². The number of rotatable bonds is 9. The normalized spacial score (nSPS) is 13.3. The fraction of sp³-hybridized carbons (Fsp3) is 0.333. The van der Waals surface area contributed by atoms with E-state index in [1.807, 2.05) is 54.6 Å². The van der Waals surface area contributed by atoms with Crippen molar-refractivity contribution < 1.29 is 9.59 Å². The second-order valence-electron chi connectivity index (χ2n) is 9.50. The van der Waals surface area contributed by atoms with Gasteiger partial charge in [0.05, 0.1) is 6.42 Å². The second kappa shape index (κ2) is 9.79. The Morgan fingerprint density at radius 3 is 2.09 bits per heavy atom. The molecular formula is C30H34NO2S+. The molecule has 3 aromatic carbocycles. The molecular weight excluding hydrogens is 438 g/mol. The minimum Gasteiger partial charge on any atom is -0.341 e. The standard InChI is InChI=1S/C30H33NO2S/c1-5-9-20-10-8-11-22(16-20)29(33)23-13-15-27-25(18-23)24-17-21(12-14-26(24)31(27)7-3)28(32)19-30(4,34)6-2/h8,10-18,34H,5-7,9,19H2,1-4H3/p+1. The Morgan fingerprint density at radius 2 is 1.47 bits per heavy atom. The maximum atomic E-state index is 13.4. The van der Waals surface area contributed by atoms with E-state index in [2.05, 4.69) is 51.0 Å². The minimum atomic E-state index is -0.213. The summed E-state index contributed by atoms with van der Waals surface area (Å²) in [7, 11) is 0. The largest absolute Gasteiger partial charge is 0.341 e. The van der Waals surface area contributed by atoms with Gasteiger partial charge in [0.25, 0.3) is 0 Å². The van der Waals surface area contributed by atoms with Gasteiger partial charge in [-0.15, -0.1) is 0 Å². The molecule has 0 aliphatic rings. The Hall–Kier alpha value is -2.85. The predicted octanol–water partition coefficient (Wildman–Crippen LogP) is 6.75. The molecule has 0 aliphatic heterocycles. The molecule has 4 aromatic rings. The van der Waals surface area contributed by atoms with Crippen molar-refractivity contribution in [3.63, 3.8) is 0 Å². The second-order valence-corrected chi connectivity index (χ2v) is 10.7. The maximum absolute atomic E-state index is 13.4. The Kier molecular flexibility index (Phi) is 6.99. The zero-order valence-electron chi connectivity index (χ0n) is 20.6. The number of nitrogens with zero attached hydrogens (tertiary/aromatic N) is 1. The van der Waals surface area contributed by atoms with E-state index in [1.165, 1.54) is 5.56 Å². The average Bonchev–Trinajstić information content (AvgIpc) is 3.16. The van der Waals surface area contributed by atoms with Gasteiger partial charge >= 0.3 is 0 Å². The van der Waals surface area contributed by atoms with Crippen LogP contribution in [0, 0.1) is 0 Å². The van der Waals surface area contributed by atoms with E-state index >= 15 is 0 Å². The quantitative estimate of drug-likeness (QED) is 0.200. The van der Waals surface area contributed by atoms with E-state index in [4.69, 9.17) is 0 Å². The molecule has 1 aromatic heterocycles. The van der Waals surface area contributed by atoms with Crippen LogP contribution in [0.5, 0.6) is 0 Å². The summed E-state index contributed by atoms with van der Waals surface area (Å²) in [5.74, 6) is 0.154. The number of hydrogen-bond donors (Lipinski definition) is 0. The molecule has 1 heterocycles. The molecule has 0 saturated carbocycles. The third-order valence-electron chi connectivity index (χ3n) is 6.82. The summed E-state index contributed by atoms with van der Waals surface area (Å²) in [6.07, 6.45) is 3.33. The summed E-state index contributed by atoms with van der Waals surface area (Å²) in [6.45, 7) is 9.21. The third-order valence-corrected chi connectivity index (χ3v) is 7.35. The van der Waals surface area contributed by atoms with E-state index < -0.39 is 0 Å². The zero-order valence-corrected chi connectivity index (χ0v) is 21.6. The van der Waals surface area contributed by atoms with Gasteiger partial charge in [0.2, 0.25) is 0 Å². The summed E-state index contributed by atoms with van der Waals surface area (Å²) in [5, 5.41) is 2.03. The van der Waals surface area contributed by atoms with Crippen LogP contribution in [0.2, 0.25) is 0 Å². The molecule has 176 valence electrons. The molecule has 0 radical (unpaired) electrons. The number of ketones is 2. The molecule has 0 fully saturated rings. The Bertz CT molecular complexity index is 1380. The van der Waals surface area contributed by atoms with Crippen LogP contribution in [0.1, 0.15) is 78.8 Å². The van der Waals surface area contributed by atoms with Crippen molar-refractivity contribution >= 4 is 46.0 Å². The SMILES string of the molecule is CCCc1cccc(C(=O)c2ccc3c(c2)c2cc(C(=O)CC(C)([SH2+])CC)ccc2n3CC)c1. The summed E-state index contributed by atoms with van der Waals surface area (Å²) < 4.78 is 2.03. The summed E-state index contributed by atoms with van der Waals surface area (Å²) >= 11 is 3.74. The lowest BCUT2D eigenvalue weighted by atomic mass is 9.95. The van der Waals surface area contributed by atoms with Crippen molar-refractivity contribution in [2.24, 2.45) is 0 Å². The minimum absolute atomic E-state index is 0.0298. The van der Waals surface area contributed by atoms with Crippen LogP contribution in [0.4, 0.5) is 0 Å². The highest BCUT2D eigenvalue weighted by atomic mass is 32.1. The topological polar surface area (TPSA) is 39.1 Å². The number of fused-ring (bicyclic) bond motifs is 3. The van der Waals surface area contributed by atoms with Crippen molar-refractivity contribution in [2.75, 3.05) is 0 Å². The fourth-order valence-corrected chi connectivity index (χ4v) is 4.82. The third kappa shape index (κ3) is 4.69. The lowest BCUT2D eigenvalue weighted by Gasteiger charge is -2.14. The number of carbonyl (C=O) groups excluding carboxylic acids is 2. The van der Waals surface area contributed by atoms with Gasteiger partial charge in [-0.25, -0.2) is 0 Å². The van der Waals surface area contributed by atoms with Gasteiger partial charge in [0, 0.05) is 45.0 Å². The Labute approximate surface area is 207 Å². The molecule has 0 aliphatic carbocycles. The van der Waals surface area contributed by atoms with Gasteiger partial charge in [-0.1, -0.05) is 38.5 Å². The Balaban J connectivity index is 1.80. The van der Waals surface area contributed by atoms with Gasteiger partial charge in [0.1, 0.15) is 4.75 Å². The van der Waals surface area contributed by atoms with Crippen molar-refractivity contribution in [1.82, 2.24) is 4.57 Å². The lowest BCUT2D eigenvalue weighted by molar-refractivity contribution is 0.0970. The van der Waals surface area contributed by atoms with Gasteiger partial charge in [-0.05, 0) is 87.3 Å². The molecule has 0 bridgehead atoms. The van der Waals surface area contributed by atoms with Crippen LogP contribution in [0.3, 0.4) is 0 Å². The number of benzene rings is 3. The highest BCUT2D eigenvalue weighted by Crippen LogP contribution is 2.32. The number of aryl methyl sites for hydroxylation is 2. The van der Waals surface area contributed by atoms with Crippen LogP contribution in [-0.4, -0.2) is 20.9 Å². The number of hydrogen-bond acceptors (Lipinski definition) is 2. The van der Waals surface area contributed by atoms with E-state index in [0.29, 0.717) is 17.5 Å². The van der Waals surface area contributed by atoms with Crippen molar-refractivity contribution in [3.05, 3.63) is 82.9 Å². The molecule has 34 heavy (non-hydrogen) atoms. The molecule has 0 amide bonds. The first-order valence-electron chi connectivity index (χ1n) is 12.3. The lowest BCUT2D eigenvalue weighted by Crippen LogP contribution is -2.24. The van der Waals surface area contributed by atoms with Crippen LogP contribution < -0.4 is 0 Å². The smallest absolute Gasteiger partial charge is 0.193 e. The van der Waals surface area contributed by atoms with E-state index in [-0.39, 0.29) is 16.3 Å². The van der Waals surface area contributed by atoms with Crippen molar-refractivity contribution in [3.8, 4) is 0 Å². The van der Waals surface area contributed by atoms with Gasteiger partial charge in [0.15, 0.2) is 11.6 Å². The molecule has 0 spiro atoms. The van der Waals surface area contributed by atoms with Gasteiger partial charge < -0.3 is 4.57 Å². The summed E-state index contributed by atoms with van der Waals surface area (Å²) in [6, 6.07) is 19.9. The van der Waals surface area contributed by atoms with Crippen molar-refractivity contribution in [1.29, 1.82) is 0 Å². The molecule has 1 atom stereocenters. The highest BCUT2D eigenvalue weighted by molar-refractivity contribution is 7.60. The zero-order chi connectivity index (χ0) is 24.5. The number of aromatic nitrogens is 1. The molecule has 4 rings (SSSR count). The van der Waals surface area contributed by atoms with E-state index in [9.17, 15) is 9.59 Å². The number of carbonyl (C=O) groups is 2. The van der Waals surface area contributed by atoms with Gasteiger partial charge in [-0.3, -0.25) is 9.59 Å². The first-order valence-corrected chi connectivity index (χ1v) is 12.8. The first kappa shape index (κ1) is 24.3. The maximum Gasteiger partial charge on any atom is 0.193 e.